The zero-order valence-electron chi connectivity index (χ0n) is 24.4. The van der Waals surface area contributed by atoms with Crippen molar-refractivity contribution in [2.75, 3.05) is 27.4 Å². The first-order chi connectivity index (χ1) is 21.1. The van der Waals surface area contributed by atoms with E-state index in [0.717, 1.165) is 22.3 Å². The second kappa shape index (κ2) is 13.9. The van der Waals surface area contributed by atoms with Crippen LogP contribution < -0.4 is 19.5 Å². The summed E-state index contributed by atoms with van der Waals surface area (Å²) in [5, 5.41) is 12.2. The highest BCUT2D eigenvalue weighted by atomic mass is 16.5. The van der Waals surface area contributed by atoms with Crippen molar-refractivity contribution in [3.63, 3.8) is 0 Å². The molecule has 8 heteroatoms. The molecule has 1 aliphatic rings. The Kier molecular flexibility index (Phi) is 9.59. The van der Waals surface area contributed by atoms with Crippen molar-refractivity contribution in [2.45, 2.75) is 31.0 Å². The van der Waals surface area contributed by atoms with Crippen LogP contribution in [0.5, 0.6) is 17.2 Å². The SMILES string of the molecule is COc1ccc(CNC(=O)[C@]2(Cc3ccccc3)N=C(c3ccc(OCCCO)cc3)O[C@@H]2c2ccccc2)c(OC)c1. The molecule has 0 spiro atoms. The van der Waals surface area contributed by atoms with Gasteiger partial charge in [-0.05, 0) is 47.5 Å². The number of rotatable bonds is 13. The van der Waals surface area contributed by atoms with E-state index in [1.54, 1.807) is 20.3 Å². The maximum absolute atomic E-state index is 14.4. The molecule has 222 valence electrons. The summed E-state index contributed by atoms with van der Waals surface area (Å²) in [6.45, 7) is 0.720. The van der Waals surface area contributed by atoms with Crippen molar-refractivity contribution in [1.82, 2.24) is 5.32 Å². The Morgan fingerprint density at radius 3 is 2.28 bits per heavy atom. The van der Waals surface area contributed by atoms with Gasteiger partial charge >= 0.3 is 0 Å². The molecule has 1 aliphatic heterocycles. The quantitative estimate of drug-likeness (QED) is 0.209. The van der Waals surface area contributed by atoms with Crippen molar-refractivity contribution in [2.24, 2.45) is 4.99 Å². The molecule has 0 unspecified atom stereocenters. The molecule has 0 aromatic heterocycles. The summed E-state index contributed by atoms with van der Waals surface area (Å²) < 4.78 is 23.2. The van der Waals surface area contributed by atoms with Gasteiger partial charge in [0.25, 0.3) is 5.91 Å². The molecule has 0 bridgehead atoms. The van der Waals surface area contributed by atoms with E-state index in [1.807, 2.05) is 97.1 Å². The molecule has 1 heterocycles. The van der Waals surface area contributed by atoms with Crippen molar-refractivity contribution in [1.29, 1.82) is 0 Å². The standard InChI is InChI=1S/C35H36N2O6/c1-40-30-19-16-28(31(22-30)41-2)24-36-34(39)35(23-25-10-5-3-6-11-25)32(26-12-7-4-8-13-26)43-33(37-35)27-14-17-29(18-15-27)42-21-9-20-38/h3-8,10-19,22,32,38H,9,20-21,23-24H2,1-2H3,(H,36,39)/t32-,35-/m1/s1. The van der Waals surface area contributed by atoms with Crippen LogP contribution in [0, 0.1) is 0 Å². The van der Waals surface area contributed by atoms with Crippen LogP contribution in [0.15, 0.2) is 108 Å². The molecule has 2 N–H and O–H groups in total. The molecule has 0 radical (unpaired) electrons. The summed E-state index contributed by atoms with van der Waals surface area (Å²) in [7, 11) is 3.19. The van der Waals surface area contributed by atoms with Gasteiger partial charge in [-0.2, -0.15) is 0 Å². The number of amides is 1. The van der Waals surface area contributed by atoms with Crippen molar-refractivity contribution < 1.29 is 28.8 Å². The van der Waals surface area contributed by atoms with Crippen LogP contribution in [0.25, 0.3) is 0 Å². The third-order valence-corrected chi connectivity index (χ3v) is 7.38. The number of ether oxygens (including phenoxy) is 4. The van der Waals surface area contributed by atoms with E-state index in [4.69, 9.17) is 29.0 Å². The maximum Gasteiger partial charge on any atom is 0.252 e. The smallest absolute Gasteiger partial charge is 0.252 e. The minimum absolute atomic E-state index is 0.0699. The molecule has 0 fully saturated rings. The van der Waals surface area contributed by atoms with Gasteiger partial charge in [0.2, 0.25) is 5.90 Å². The van der Waals surface area contributed by atoms with Gasteiger partial charge in [0.15, 0.2) is 11.6 Å². The third-order valence-electron chi connectivity index (χ3n) is 7.38. The first-order valence-electron chi connectivity index (χ1n) is 14.2. The number of benzene rings is 4. The number of nitrogens with one attached hydrogen (secondary N) is 1. The van der Waals surface area contributed by atoms with Crippen molar-refractivity contribution >= 4 is 11.8 Å². The summed E-state index contributed by atoms with van der Waals surface area (Å²) in [5.74, 6) is 2.08. The van der Waals surface area contributed by atoms with Gasteiger partial charge in [-0.3, -0.25) is 4.79 Å². The zero-order valence-corrected chi connectivity index (χ0v) is 24.4. The molecule has 4 aromatic rings. The normalized spacial score (nSPS) is 17.5. The monoisotopic (exact) mass is 580 g/mol. The summed E-state index contributed by atoms with van der Waals surface area (Å²) in [4.78, 5) is 19.5. The Labute approximate surface area is 251 Å². The topological polar surface area (TPSA) is 98.6 Å². The van der Waals surface area contributed by atoms with Gasteiger partial charge in [0.05, 0.1) is 20.8 Å². The average Bonchev–Trinajstić information content (AvgIpc) is 3.45. The summed E-state index contributed by atoms with van der Waals surface area (Å²) in [6, 6.07) is 32.5. The van der Waals surface area contributed by atoms with E-state index in [-0.39, 0.29) is 19.1 Å². The molecule has 8 nitrogen and oxygen atoms in total. The van der Waals surface area contributed by atoms with Gasteiger partial charge in [0.1, 0.15) is 17.2 Å². The fraction of sp³-hybridized carbons (Fsp3) is 0.257. The lowest BCUT2D eigenvalue weighted by Crippen LogP contribution is -2.49. The van der Waals surface area contributed by atoms with Crippen LogP contribution in [0.3, 0.4) is 0 Å². The zero-order chi connectivity index (χ0) is 30.1. The minimum atomic E-state index is -1.30. The second-order valence-electron chi connectivity index (χ2n) is 10.2. The Hall–Kier alpha value is -4.82. The van der Waals surface area contributed by atoms with Gasteiger partial charge in [0, 0.05) is 43.2 Å². The first-order valence-corrected chi connectivity index (χ1v) is 14.2. The molecule has 0 saturated carbocycles. The van der Waals surface area contributed by atoms with Crippen molar-refractivity contribution in [3.8, 4) is 17.2 Å². The maximum atomic E-state index is 14.4. The van der Waals surface area contributed by atoms with E-state index in [0.29, 0.717) is 42.6 Å². The summed E-state index contributed by atoms with van der Waals surface area (Å²) in [5.41, 5.74) is 2.05. The molecule has 2 atom stereocenters. The second-order valence-corrected chi connectivity index (χ2v) is 10.2. The van der Waals surface area contributed by atoms with Gasteiger partial charge in [-0.25, -0.2) is 4.99 Å². The minimum Gasteiger partial charge on any atom is -0.497 e. The highest BCUT2D eigenvalue weighted by molar-refractivity contribution is 6.01. The molecule has 4 aromatic carbocycles. The number of nitrogens with zero attached hydrogens (tertiary/aromatic N) is 1. The van der Waals surface area contributed by atoms with E-state index in [2.05, 4.69) is 5.32 Å². The molecule has 1 amide bonds. The van der Waals surface area contributed by atoms with Crippen LogP contribution in [-0.4, -0.2) is 49.9 Å². The summed E-state index contributed by atoms with van der Waals surface area (Å²) in [6.07, 6.45) is 0.197. The number of hydrogen-bond acceptors (Lipinski definition) is 7. The number of carbonyl (C=O) groups excluding carboxylic acids is 1. The van der Waals surface area contributed by atoms with Crippen LogP contribution >= 0.6 is 0 Å². The predicted molar refractivity (Wildman–Crippen MR) is 165 cm³/mol. The molecule has 43 heavy (non-hydrogen) atoms. The molecular formula is C35H36N2O6. The number of methoxy groups -OCH3 is 2. The Morgan fingerprint density at radius 2 is 1.60 bits per heavy atom. The van der Waals surface area contributed by atoms with Crippen LogP contribution in [-0.2, 0) is 22.5 Å². The lowest BCUT2D eigenvalue weighted by molar-refractivity contribution is -0.129. The number of aliphatic hydroxyl groups is 1. The van der Waals surface area contributed by atoms with Crippen LogP contribution in [0.4, 0.5) is 0 Å². The van der Waals surface area contributed by atoms with E-state index in [1.165, 1.54) is 0 Å². The Morgan fingerprint density at radius 1 is 0.907 bits per heavy atom. The van der Waals surface area contributed by atoms with Gasteiger partial charge in [-0.15, -0.1) is 0 Å². The summed E-state index contributed by atoms with van der Waals surface area (Å²) >= 11 is 0. The number of hydrogen-bond donors (Lipinski definition) is 2. The van der Waals surface area contributed by atoms with E-state index in [9.17, 15) is 4.79 Å². The van der Waals surface area contributed by atoms with Crippen LogP contribution in [0.1, 0.15) is 34.8 Å². The molecule has 0 saturated heterocycles. The largest absolute Gasteiger partial charge is 0.497 e. The average molecular weight is 581 g/mol. The van der Waals surface area contributed by atoms with Gasteiger partial charge < -0.3 is 29.4 Å². The Balaban J connectivity index is 1.52. The number of aliphatic imine (C=N–C) groups is 1. The van der Waals surface area contributed by atoms with Crippen molar-refractivity contribution in [3.05, 3.63) is 125 Å². The number of aliphatic hydroxyl groups excluding tert-OH is 1. The first kappa shape index (κ1) is 29.7. The molecule has 0 aliphatic carbocycles. The highest BCUT2D eigenvalue weighted by Crippen LogP contribution is 2.42. The predicted octanol–water partition coefficient (Wildman–Crippen LogP) is 5.28. The van der Waals surface area contributed by atoms with Gasteiger partial charge in [-0.1, -0.05) is 60.7 Å². The lowest BCUT2D eigenvalue weighted by Gasteiger charge is -2.31. The third kappa shape index (κ3) is 6.81. The fourth-order valence-corrected chi connectivity index (χ4v) is 5.14. The fourth-order valence-electron chi connectivity index (χ4n) is 5.14. The van der Waals surface area contributed by atoms with Crippen LogP contribution in [0.2, 0.25) is 0 Å². The molecule has 5 rings (SSSR count). The molecular weight excluding hydrogens is 544 g/mol. The van der Waals surface area contributed by atoms with E-state index < -0.39 is 11.6 Å². The van der Waals surface area contributed by atoms with E-state index >= 15 is 0 Å². The highest BCUT2D eigenvalue weighted by Gasteiger charge is 2.53. The Bertz CT molecular complexity index is 1530. The lowest BCUT2D eigenvalue weighted by atomic mass is 9.82. The number of carbonyl (C=O) groups is 1.